The second-order valence-corrected chi connectivity index (χ2v) is 7.30. The third kappa shape index (κ3) is 4.30. The monoisotopic (exact) mass is 365 g/mol. The summed E-state index contributed by atoms with van der Waals surface area (Å²) >= 11 is 0. The molecule has 1 saturated carbocycles. The zero-order valence-electron chi connectivity index (χ0n) is 16.4. The number of hydrogen-bond donors (Lipinski definition) is 1. The maximum Gasteiger partial charge on any atom is 0.230 e. The molecule has 27 heavy (non-hydrogen) atoms. The summed E-state index contributed by atoms with van der Waals surface area (Å²) in [5, 5.41) is 2.93. The smallest absolute Gasteiger partial charge is 0.230 e. The highest BCUT2D eigenvalue weighted by molar-refractivity contribution is 6.04. The summed E-state index contributed by atoms with van der Waals surface area (Å²) in [5.41, 5.74) is 3.84. The minimum absolute atomic E-state index is 0.0335. The SMILES string of the molecule is CCN(C(=O)C1CC1C(=O)Nc1ccc(N(C)C)cc1)c1cccc(C)c1. The van der Waals surface area contributed by atoms with Gasteiger partial charge >= 0.3 is 0 Å². The number of amides is 2. The van der Waals surface area contributed by atoms with E-state index in [-0.39, 0.29) is 23.7 Å². The fourth-order valence-corrected chi connectivity index (χ4v) is 3.30. The van der Waals surface area contributed by atoms with E-state index in [0.717, 1.165) is 22.6 Å². The molecular weight excluding hydrogens is 338 g/mol. The first-order valence-electron chi connectivity index (χ1n) is 9.37. The van der Waals surface area contributed by atoms with Crippen LogP contribution in [0.5, 0.6) is 0 Å². The lowest BCUT2D eigenvalue weighted by Gasteiger charge is -2.21. The minimum atomic E-state index is -0.245. The van der Waals surface area contributed by atoms with Gasteiger partial charge < -0.3 is 15.1 Å². The zero-order chi connectivity index (χ0) is 19.6. The van der Waals surface area contributed by atoms with E-state index in [9.17, 15) is 9.59 Å². The molecule has 0 heterocycles. The highest BCUT2D eigenvalue weighted by Gasteiger charge is 2.49. The highest BCUT2D eigenvalue weighted by Crippen LogP contribution is 2.41. The van der Waals surface area contributed by atoms with Crippen molar-refractivity contribution >= 4 is 28.9 Å². The van der Waals surface area contributed by atoms with Crippen LogP contribution in [0.3, 0.4) is 0 Å². The number of benzene rings is 2. The molecule has 3 rings (SSSR count). The fourth-order valence-electron chi connectivity index (χ4n) is 3.30. The Morgan fingerprint density at radius 3 is 2.33 bits per heavy atom. The first-order chi connectivity index (χ1) is 12.9. The number of nitrogens with zero attached hydrogens (tertiary/aromatic N) is 2. The summed E-state index contributed by atoms with van der Waals surface area (Å²) in [5.74, 6) is -0.520. The molecule has 5 heteroatoms. The molecule has 0 aliphatic heterocycles. The Morgan fingerprint density at radius 2 is 1.74 bits per heavy atom. The van der Waals surface area contributed by atoms with Crippen molar-refractivity contribution in [1.29, 1.82) is 0 Å². The lowest BCUT2D eigenvalue weighted by molar-refractivity contribution is -0.123. The van der Waals surface area contributed by atoms with Gasteiger partial charge in [-0.3, -0.25) is 9.59 Å². The lowest BCUT2D eigenvalue weighted by atomic mass is 10.2. The minimum Gasteiger partial charge on any atom is -0.378 e. The van der Waals surface area contributed by atoms with Crippen LogP contribution >= 0.6 is 0 Å². The van der Waals surface area contributed by atoms with Crippen molar-refractivity contribution < 1.29 is 9.59 Å². The van der Waals surface area contributed by atoms with Gasteiger partial charge in [0.25, 0.3) is 0 Å². The predicted octanol–water partition coefficient (Wildman–Crippen LogP) is 3.69. The summed E-state index contributed by atoms with van der Waals surface area (Å²) < 4.78 is 0. The van der Waals surface area contributed by atoms with Crippen LogP contribution < -0.4 is 15.1 Å². The quantitative estimate of drug-likeness (QED) is 0.849. The molecule has 1 aliphatic rings. The molecule has 1 aliphatic carbocycles. The van der Waals surface area contributed by atoms with E-state index in [1.807, 2.05) is 81.4 Å². The number of carbonyl (C=O) groups excluding carboxylic acids is 2. The highest BCUT2D eigenvalue weighted by atomic mass is 16.2. The van der Waals surface area contributed by atoms with E-state index in [4.69, 9.17) is 0 Å². The third-order valence-corrected chi connectivity index (χ3v) is 4.99. The summed E-state index contributed by atoms with van der Waals surface area (Å²) in [6.07, 6.45) is 0.614. The van der Waals surface area contributed by atoms with Gasteiger partial charge in [-0.25, -0.2) is 0 Å². The van der Waals surface area contributed by atoms with Crippen molar-refractivity contribution in [3.63, 3.8) is 0 Å². The standard InChI is InChI=1S/C22H27N3O2/c1-5-25(18-8-6-7-15(2)13-18)22(27)20-14-19(20)21(26)23-16-9-11-17(12-10-16)24(3)4/h6-13,19-20H,5,14H2,1-4H3,(H,23,26). The van der Waals surface area contributed by atoms with Crippen molar-refractivity contribution in [2.24, 2.45) is 11.8 Å². The van der Waals surface area contributed by atoms with E-state index >= 15 is 0 Å². The fraction of sp³-hybridized carbons (Fsp3) is 0.364. The van der Waals surface area contributed by atoms with E-state index in [1.54, 1.807) is 4.90 Å². The zero-order valence-corrected chi connectivity index (χ0v) is 16.4. The van der Waals surface area contributed by atoms with E-state index in [1.165, 1.54) is 0 Å². The molecule has 1 N–H and O–H groups in total. The van der Waals surface area contributed by atoms with Crippen molar-refractivity contribution in [2.45, 2.75) is 20.3 Å². The van der Waals surface area contributed by atoms with Gasteiger partial charge in [0, 0.05) is 37.7 Å². The number of nitrogens with one attached hydrogen (secondary N) is 1. The number of rotatable bonds is 6. The van der Waals surface area contributed by atoms with Crippen LogP contribution in [-0.4, -0.2) is 32.5 Å². The molecule has 2 unspecified atom stereocenters. The maximum atomic E-state index is 12.9. The molecule has 5 nitrogen and oxygen atoms in total. The van der Waals surface area contributed by atoms with Crippen LogP contribution in [0, 0.1) is 18.8 Å². The Hall–Kier alpha value is -2.82. The molecule has 142 valence electrons. The number of hydrogen-bond acceptors (Lipinski definition) is 3. The van der Waals surface area contributed by atoms with E-state index < -0.39 is 0 Å². The van der Waals surface area contributed by atoms with Crippen molar-refractivity contribution in [3.05, 3.63) is 54.1 Å². The van der Waals surface area contributed by atoms with Gasteiger partial charge in [0.2, 0.25) is 11.8 Å². The van der Waals surface area contributed by atoms with Gasteiger partial charge in [0.05, 0.1) is 11.8 Å². The van der Waals surface area contributed by atoms with Crippen LogP contribution in [0.2, 0.25) is 0 Å². The predicted molar refractivity (Wildman–Crippen MR) is 110 cm³/mol. The van der Waals surface area contributed by atoms with E-state index in [0.29, 0.717) is 13.0 Å². The summed E-state index contributed by atoms with van der Waals surface area (Å²) in [6.45, 7) is 4.57. The van der Waals surface area contributed by atoms with Crippen LogP contribution in [0.1, 0.15) is 18.9 Å². The lowest BCUT2D eigenvalue weighted by Crippen LogP contribution is -2.33. The Morgan fingerprint density at radius 1 is 1.04 bits per heavy atom. The molecule has 2 amide bonds. The van der Waals surface area contributed by atoms with E-state index in [2.05, 4.69) is 5.32 Å². The Bertz CT molecular complexity index is 830. The first-order valence-corrected chi connectivity index (χ1v) is 9.37. The van der Waals surface area contributed by atoms with Crippen LogP contribution in [0.25, 0.3) is 0 Å². The normalized spacial score (nSPS) is 17.9. The molecule has 2 atom stereocenters. The van der Waals surface area contributed by atoms with Crippen molar-refractivity contribution in [2.75, 3.05) is 35.8 Å². The average Bonchev–Trinajstić information content (AvgIpc) is 3.44. The second-order valence-electron chi connectivity index (χ2n) is 7.30. The summed E-state index contributed by atoms with van der Waals surface area (Å²) in [4.78, 5) is 29.2. The summed E-state index contributed by atoms with van der Waals surface area (Å²) in [6, 6.07) is 15.6. The molecule has 1 fully saturated rings. The van der Waals surface area contributed by atoms with Crippen molar-refractivity contribution in [3.8, 4) is 0 Å². The van der Waals surface area contributed by atoms with Gasteiger partial charge in [-0.2, -0.15) is 0 Å². The number of aryl methyl sites for hydroxylation is 1. The van der Waals surface area contributed by atoms with Crippen LogP contribution in [-0.2, 0) is 9.59 Å². The molecule has 2 aromatic carbocycles. The largest absolute Gasteiger partial charge is 0.378 e. The maximum absolute atomic E-state index is 12.9. The van der Waals surface area contributed by atoms with Gasteiger partial charge in [0.1, 0.15) is 0 Å². The van der Waals surface area contributed by atoms with Crippen molar-refractivity contribution in [1.82, 2.24) is 0 Å². The molecule has 0 bridgehead atoms. The number of anilines is 3. The van der Waals surface area contributed by atoms with Crippen LogP contribution in [0.4, 0.5) is 17.1 Å². The van der Waals surface area contributed by atoms with Gasteiger partial charge in [0.15, 0.2) is 0 Å². The Labute approximate surface area is 161 Å². The van der Waals surface area contributed by atoms with Gasteiger partial charge in [-0.15, -0.1) is 0 Å². The van der Waals surface area contributed by atoms with Crippen LogP contribution in [0.15, 0.2) is 48.5 Å². The molecular formula is C22H27N3O2. The third-order valence-electron chi connectivity index (χ3n) is 4.99. The molecule has 0 aromatic heterocycles. The molecule has 0 saturated heterocycles. The molecule has 0 radical (unpaired) electrons. The summed E-state index contributed by atoms with van der Waals surface area (Å²) in [7, 11) is 3.95. The van der Waals surface area contributed by atoms with Gasteiger partial charge in [-0.05, 0) is 62.2 Å². The Balaban J connectivity index is 1.62. The van der Waals surface area contributed by atoms with Gasteiger partial charge in [-0.1, -0.05) is 12.1 Å². The molecule has 2 aromatic rings. The average molecular weight is 365 g/mol. The molecule has 0 spiro atoms. The number of carbonyl (C=O) groups is 2. The topological polar surface area (TPSA) is 52.7 Å². The first kappa shape index (κ1) is 19.0. The Kier molecular flexibility index (Phi) is 5.49. The second kappa shape index (κ2) is 7.82.